The third kappa shape index (κ3) is 4.73. The van der Waals surface area contributed by atoms with Crippen LogP contribution in [0.2, 0.25) is 0 Å². The molecule has 182 valence electrons. The van der Waals surface area contributed by atoms with Gasteiger partial charge in [-0.3, -0.25) is 14.6 Å². The second-order valence-electron chi connectivity index (χ2n) is 8.68. The largest absolute Gasteiger partial charge is 0.497 e. The quantitative estimate of drug-likeness (QED) is 0.333. The van der Waals surface area contributed by atoms with E-state index in [1.165, 1.54) is 6.07 Å². The molecule has 0 aliphatic carbocycles. The summed E-state index contributed by atoms with van der Waals surface area (Å²) in [6, 6.07) is 13.8. The molecule has 1 saturated heterocycles. The van der Waals surface area contributed by atoms with Gasteiger partial charge in [-0.1, -0.05) is 12.1 Å². The van der Waals surface area contributed by atoms with Gasteiger partial charge >= 0.3 is 11.6 Å². The van der Waals surface area contributed by atoms with Crippen LogP contribution in [0.3, 0.4) is 0 Å². The summed E-state index contributed by atoms with van der Waals surface area (Å²) in [7, 11) is 1.60. The number of piperazine rings is 1. The number of hydrogen-bond acceptors (Lipinski definition) is 7. The van der Waals surface area contributed by atoms with Crippen molar-refractivity contribution in [3.8, 4) is 5.75 Å². The van der Waals surface area contributed by atoms with Crippen LogP contribution in [0.1, 0.15) is 11.6 Å². The highest BCUT2D eigenvalue weighted by Gasteiger charge is 2.32. The Kier molecular flexibility index (Phi) is 6.43. The molecule has 1 atom stereocenters. The molecule has 35 heavy (non-hydrogen) atoms. The highest BCUT2D eigenvalue weighted by molar-refractivity contribution is 5.90. The second kappa shape index (κ2) is 9.81. The summed E-state index contributed by atoms with van der Waals surface area (Å²) >= 11 is 0. The molecule has 0 saturated carbocycles. The van der Waals surface area contributed by atoms with E-state index in [1.807, 2.05) is 41.3 Å². The van der Waals surface area contributed by atoms with Crippen LogP contribution in [-0.2, 0) is 4.79 Å². The van der Waals surface area contributed by atoms with E-state index in [2.05, 4.69) is 15.2 Å². The zero-order valence-electron chi connectivity index (χ0n) is 19.5. The molecule has 3 heterocycles. The SMILES string of the molecule is COc1ccc2[nH]cc([C@@H](C(=O)O)N3CCN(CCNc4cc(=O)oc5ccccc45)CC3)c2c1. The number of carboxylic acid groups (broad SMARTS) is 1. The number of aromatic amines is 1. The number of methoxy groups -OCH3 is 1. The molecule has 0 radical (unpaired) electrons. The maximum absolute atomic E-state index is 12.3. The molecule has 5 rings (SSSR count). The van der Waals surface area contributed by atoms with Crippen LogP contribution < -0.4 is 15.7 Å². The number of aliphatic carboxylic acids is 1. The second-order valence-corrected chi connectivity index (χ2v) is 8.68. The molecule has 9 nitrogen and oxygen atoms in total. The molecular weight excluding hydrogens is 448 g/mol. The van der Waals surface area contributed by atoms with Crippen molar-refractivity contribution in [2.45, 2.75) is 6.04 Å². The van der Waals surface area contributed by atoms with E-state index >= 15 is 0 Å². The Morgan fingerprint density at radius 2 is 1.94 bits per heavy atom. The summed E-state index contributed by atoms with van der Waals surface area (Å²) in [6.07, 6.45) is 1.79. The van der Waals surface area contributed by atoms with Gasteiger partial charge in [0.1, 0.15) is 17.4 Å². The fourth-order valence-corrected chi connectivity index (χ4v) is 4.81. The number of H-pyrrole nitrogens is 1. The molecule has 2 aromatic heterocycles. The number of fused-ring (bicyclic) bond motifs is 2. The average Bonchev–Trinajstić information content (AvgIpc) is 3.27. The van der Waals surface area contributed by atoms with Gasteiger partial charge in [0.15, 0.2) is 0 Å². The molecule has 1 fully saturated rings. The molecular formula is C26H28N4O5. The fourth-order valence-electron chi connectivity index (χ4n) is 4.81. The van der Waals surface area contributed by atoms with Gasteiger partial charge in [-0.05, 0) is 30.3 Å². The van der Waals surface area contributed by atoms with Gasteiger partial charge in [0.2, 0.25) is 0 Å². The molecule has 4 aromatic rings. The van der Waals surface area contributed by atoms with Gasteiger partial charge in [-0.25, -0.2) is 4.79 Å². The first-order valence-corrected chi connectivity index (χ1v) is 11.6. The Labute approximate surface area is 201 Å². The highest BCUT2D eigenvalue weighted by atomic mass is 16.5. The van der Waals surface area contributed by atoms with E-state index in [9.17, 15) is 14.7 Å². The zero-order valence-corrected chi connectivity index (χ0v) is 19.5. The number of anilines is 1. The number of nitrogens with one attached hydrogen (secondary N) is 2. The van der Waals surface area contributed by atoms with Crippen LogP contribution in [0.5, 0.6) is 5.75 Å². The van der Waals surface area contributed by atoms with Crippen LogP contribution >= 0.6 is 0 Å². The minimum absolute atomic E-state index is 0.380. The van der Waals surface area contributed by atoms with Crippen molar-refractivity contribution >= 4 is 33.5 Å². The van der Waals surface area contributed by atoms with Crippen LogP contribution in [0.4, 0.5) is 5.69 Å². The minimum Gasteiger partial charge on any atom is -0.497 e. The Morgan fingerprint density at radius 1 is 1.14 bits per heavy atom. The lowest BCUT2D eigenvalue weighted by Crippen LogP contribution is -2.50. The van der Waals surface area contributed by atoms with E-state index in [0.717, 1.165) is 47.2 Å². The van der Waals surface area contributed by atoms with Crippen molar-refractivity contribution in [1.82, 2.24) is 14.8 Å². The van der Waals surface area contributed by atoms with Gasteiger partial charge < -0.3 is 24.6 Å². The predicted molar refractivity (Wildman–Crippen MR) is 134 cm³/mol. The summed E-state index contributed by atoms with van der Waals surface area (Å²) in [4.78, 5) is 31.7. The summed E-state index contributed by atoms with van der Waals surface area (Å²) in [5, 5.41) is 15.2. The first-order chi connectivity index (χ1) is 17.0. The molecule has 0 unspecified atom stereocenters. The molecule has 1 aliphatic heterocycles. The van der Waals surface area contributed by atoms with Crippen LogP contribution in [-0.4, -0.2) is 72.2 Å². The number of carboxylic acids is 1. The van der Waals surface area contributed by atoms with Crippen molar-refractivity contribution in [1.29, 1.82) is 0 Å². The van der Waals surface area contributed by atoms with Crippen LogP contribution in [0.15, 0.2) is 63.9 Å². The maximum atomic E-state index is 12.3. The van der Waals surface area contributed by atoms with Gasteiger partial charge in [0.05, 0.1) is 12.8 Å². The van der Waals surface area contributed by atoms with Crippen molar-refractivity contribution in [2.75, 3.05) is 51.7 Å². The molecule has 0 bridgehead atoms. The van der Waals surface area contributed by atoms with E-state index < -0.39 is 12.0 Å². The summed E-state index contributed by atoms with van der Waals surface area (Å²) < 4.78 is 10.6. The average molecular weight is 477 g/mol. The number of hydrogen-bond donors (Lipinski definition) is 3. The summed E-state index contributed by atoms with van der Waals surface area (Å²) in [6.45, 7) is 4.25. The molecule has 2 aromatic carbocycles. The lowest BCUT2D eigenvalue weighted by Gasteiger charge is -2.37. The third-order valence-electron chi connectivity index (χ3n) is 6.61. The Bertz CT molecular complexity index is 1400. The van der Waals surface area contributed by atoms with Crippen molar-refractivity contribution in [2.24, 2.45) is 0 Å². The van der Waals surface area contributed by atoms with Gasteiger partial charge in [0.25, 0.3) is 0 Å². The van der Waals surface area contributed by atoms with Gasteiger partial charge in [-0.2, -0.15) is 0 Å². The Balaban J connectivity index is 1.22. The van der Waals surface area contributed by atoms with E-state index in [4.69, 9.17) is 9.15 Å². The first-order valence-electron chi connectivity index (χ1n) is 11.6. The van der Waals surface area contributed by atoms with Crippen LogP contribution in [0, 0.1) is 0 Å². The molecule has 0 spiro atoms. The Morgan fingerprint density at radius 3 is 2.71 bits per heavy atom. The normalized spacial score (nSPS) is 15.9. The summed E-state index contributed by atoms with van der Waals surface area (Å²) in [5.74, 6) is -0.164. The number of aromatic nitrogens is 1. The molecule has 9 heteroatoms. The number of ether oxygens (including phenoxy) is 1. The monoisotopic (exact) mass is 476 g/mol. The zero-order chi connectivity index (χ0) is 24.4. The number of para-hydroxylation sites is 1. The third-order valence-corrected chi connectivity index (χ3v) is 6.61. The van der Waals surface area contributed by atoms with Gasteiger partial charge in [-0.15, -0.1) is 0 Å². The smallest absolute Gasteiger partial charge is 0.338 e. The lowest BCUT2D eigenvalue weighted by atomic mass is 10.0. The number of rotatable bonds is 8. The van der Waals surface area contributed by atoms with Crippen LogP contribution in [0.25, 0.3) is 21.9 Å². The molecule has 1 aliphatic rings. The molecule has 3 N–H and O–H groups in total. The topological polar surface area (TPSA) is 111 Å². The number of carbonyl (C=O) groups is 1. The summed E-state index contributed by atoms with van der Waals surface area (Å²) in [5.41, 5.74) is 2.58. The van der Waals surface area contributed by atoms with E-state index in [1.54, 1.807) is 19.4 Å². The maximum Gasteiger partial charge on any atom is 0.338 e. The van der Waals surface area contributed by atoms with E-state index in [-0.39, 0.29) is 5.63 Å². The van der Waals surface area contributed by atoms with Crippen molar-refractivity contribution in [3.63, 3.8) is 0 Å². The van der Waals surface area contributed by atoms with E-state index in [0.29, 0.717) is 31.0 Å². The minimum atomic E-state index is -0.862. The highest BCUT2D eigenvalue weighted by Crippen LogP contribution is 2.31. The standard InChI is InChI=1S/C26H28N4O5/c1-34-17-6-7-21-19(14-17)20(16-28-21)25(26(32)33)30-12-10-29(11-13-30)9-8-27-22-15-24(31)35-23-5-3-2-4-18(22)23/h2-7,14-16,25,27-28H,8-13H2,1H3,(H,32,33)/t25-/m0/s1. The Hall–Kier alpha value is -3.82. The lowest BCUT2D eigenvalue weighted by molar-refractivity contribution is -0.144. The van der Waals surface area contributed by atoms with Crippen molar-refractivity contribution in [3.05, 3.63) is 70.7 Å². The number of benzene rings is 2. The molecule has 0 amide bonds. The van der Waals surface area contributed by atoms with Crippen molar-refractivity contribution < 1.29 is 19.1 Å². The van der Waals surface area contributed by atoms with Gasteiger partial charge in [0, 0.05) is 73.4 Å². The fraction of sp³-hybridized carbons (Fsp3) is 0.308. The predicted octanol–water partition coefficient (Wildman–Crippen LogP) is 3.14. The first kappa shape index (κ1) is 22.9. The number of nitrogens with zero attached hydrogens (tertiary/aromatic N) is 2.